The Bertz CT molecular complexity index is 357. The molecule has 16 heavy (non-hydrogen) atoms. The van der Waals surface area contributed by atoms with E-state index in [0.29, 0.717) is 32.8 Å². The van der Waals surface area contributed by atoms with Crippen LogP contribution in [0.2, 0.25) is 0 Å². The number of hydrogen-bond donors (Lipinski definition) is 1. The van der Waals surface area contributed by atoms with Crippen LogP contribution in [0.1, 0.15) is 5.56 Å². The third kappa shape index (κ3) is 2.59. The highest BCUT2D eigenvalue weighted by molar-refractivity contribution is 5.76. The Kier molecular flexibility index (Phi) is 3.53. The monoisotopic (exact) mass is 224 g/mol. The molecule has 1 amide bonds. The van der Waals surface area contributed by atoms with Gasteiger partial charge in [0.1, 0.15) is 6.54 Å². The van der Waals surface area contributed by atoms with Gasteiger partial charge in [0, 0.05) is 31.4 Å². The molecule has 2 heterocycles. The number of nitrogens with zero attached hydrogens (tertiary/aromatic N) is 3. The minimum Gasteiger partial charge on any atom is -0.378 e. The van der Waals surface area contributed by atoms with Crippen LogP contribution in [0.25, 0.3) is 0 Å². The van der Waals surface area contributed by atoms with E-state index < -0.39 is 0 Å². The Hall–Kier alpha value is -1.40. The molecule has 0 atom stereocenters. The highest BCUT2D eigenvalue weighted by Crippen LogP contribution is 2.01. The summed E-state index contributed by atoms with van der Waals surface area (Å²) in [4.78, 5) is 13.6. The van der Waals surface area contributed by atoms with E-state index in [1.807, 2.05) is 0 Å². The normalized spacial score (nSPS) is 16.4. The van der Waals surface area contributed by atoms with Gasteiger partial charge in [-0.05, 0) is 0 Å². The van der Waals surface area contributed by atoms with Gasteiger partial charge in [0.2, 0.25) is 5.91 Å². The van der Waals surface area contributed by atoms with Gasteiger partial charge < -0.3 is 15.4 Å². The Morgan fingerprint density at radius 2 is 2.25 bits per heavy atom. The van der Waals surface area contributed by atoms with E-state index in [1.165, 1.54) is 0 Å². The van der Waals surface area contributed by atoms with Crippen LogP contribution in [0, 0.1) is 0 Å². The van der Waals surface area contributed by atoms with Crippen molar-refractivity contribution in [2.24, 2.45) is 5.73 Å². The minimum absolute atomic E-state index is 0.0787. The van der Waals surface area contributed by atoms with Crippen molar-refractivity contribution in [2.75, 3.05) is 26.3 Å². The molecular formula is C10H16N4O2. The fourth-order valence-corrected chi connectivity index (χ4v) is 1.65. The van der Waals surface area contributed by atoms with Gasteiger partial charge in [-0.2, -0.15) is 5.10 Å². The highest BCUT2D eigenvalue weighted by Gasteiger charge is 2.17. The lowest BCUT2D eigenvalue weighted by molar-refractivity contribution is -0.136. The van der Waals surface area contributed by atoms with Gasteiger partial charge in [-0.25, -0.2) is 0 Å². The van der Waals surface area contributed by atoms with Crippen LogP contribution in [0.4, 0.5) is 0 Å². The molecule has 2 N–H and O–H groups in total. The van der Waals surface area contributed by atoms with Crippen molar-refractivity contribution < 1.29 is 9.53 Å². The average molecular weight is 224 g/mol. The first-order valence-electron chi connectivity index (χ1n) is 5.36. The largest absolute Gasteiger partial charge is 0.378 e. The second-order valence-corrected chi connectivity index (χ2v) is 3.74. The molecular weight excluding hydrogens is 208 g/mol. The number of aromatic nitrogens is 2. The number of amides is 1. The van der Waals surface area contributed by atoms with Crippen molar-refractivity contribution in [3.8, 4) is 0 Å². The molecule has 1 saturated heterocycles. The summed E-state index contributed by atoms with van der Waals surface area (Å²) >= 11 is 0. The van der Waals surface area contributed by atoms with E-state index in [1.54, 1.807) is 22.0 Å². The smallest absolute Gasteiger partial charge is 0.244 e. The number of morpholine rings is 1. The molecule has 1 aliphatic heterocycles. The lowest BCUT2D eigenvalue weighted by atomic mass is 10.4. The van der Waals surface area contributed by atoms with Crippen LogP contribution in [-0.4, -0.2) is 46.9 Å². The third-order valence-corrected chi connectivity index (χ3v) is 2.58. The molecule has 0 radical (unpaired) electrons. The zero-order valence-electron chi connectivity index (χ0n) is 9.13. The predicted octanol–water partition coefficient (Wildman–Crippen LogP) is -0.799. The van der Waals surface area contributed by atoms with Gasteiger partial charge in [-0.3, -0.25) is 9.48 Å². The third-order valence-electron chi connectivity index (χ3n) is 2.58. The second-order valence-electron chi connectivity index (χ2n) is 3.74. The van der Waals surface area contributed by atoms with Gasteiger partial charge in [-0.1, -0.05) is 0 Å². The lowest BCUT2D eigenvalue weighted by Gasteiger charge is -2.26. The summed E-state index contributed by atoms with van der Waals surface area (Å²) < 4.78 is 6.81. The zero-order chi connectivity index (χ0) is 11.4. The van der Waals surface area contributed by atoms with E-state index in [9.17, 15) is 4.79 Å². The van der Waals surface area contributed by atoms with E-state index in [-0.39, 0.29) is 12.5 Å². The SMILES string of the molecule is NCc1cnn(CC(=O)N2CCOCC2)c1. The molecule has 88 valence electrons. The molecule has 0 saturated carbocycles. The molecule has 6 heteroatoms. The summed E-state index contributed by atoms with van der Waals surface area (Å²) in [5, 5.41) is 4.08. The Labute approximate surface area is 94.0 Å². The molecule has 0 aliphatic carbocycles. The van der Waals surface area contributed by atoms with Crippen LogP contribution in [0.5, 0.6) is 0 Å². The van der Waals surface area contributed by atoms with E-state index in [2.05, 4.69) is 5.10 Å². The maximum atomic E-state index is 11.8. The summed E-state index contributed by atoms with van der Waals surface area (Å²) in [7, 11) is 0. The summed E-state index contributed by atoms with van der Waals surface area (Å²) in [6, 6.07) is 0. The summed E-state index contributed by atoms with van der Waals surface area (Å²) in [6.07, 6.45) is 3.49. The van der Waals surface area contributed by atoms with Gasteiger partial charge in [0.15, 0.2) is 0 Å². The first-order valence-corrected chi connectivity index (χ1v) is 5.36. The maximum Gasteiger partial charge on any atom is 0.244 e. The van der Waals surface area contributed by atoms with E-state index >= 15 is 0 Å². The molecule has 1 fully saturated rings. The maximum absolute atomic E-state index is 11.8. The average Bonchev–Trinajstić information content (AvgIpc) is 2.78. The Balaban J connectivity index is 1.90. The predicted molar refractivity (Wildman–Crippen MR) is 57.5 cm³/mol. The van der Waals surface area contributed by atoms with Crippen molar-refractivity contribution in [1.29, 1.82) is 0 Å². The molecule has 0 spiro atoms. The number of hydrogen-bond acceptors (Lipinski definition) is 4. The number of carbonyl (C=O) groups is 1. The molecule has 1 aliphatic rings. The van der Waals surface area contributed by atoms with Gasteiger partial charge in [-0.15, -0.1) is 0 Å². The van der Waals surface area contributed by atoms with Crippen LogP contribution < -0.4 is 5.73 Å². The molecule has 1 aromatic heterocycles. The standard InChI is InChI=1S/C10H16N4O2/c11-5-9-6-12-14(7-9)8-10(15)13-1-3-16-4-2-13/h6-7H,1-5,8,11H2. The van der Waals surface area contributed by atoms with Crippen molar-refractivity contribution in [1.82, 2.24) is 14.7 Å². The summed E-state index contributed by atoms with van der Waals surface area (Å²) in [5.41, 5.74) is 6.41. The number of nitrogens with two attached hydrogens (primary N) is 1. The number of carbonyl (C=O) groups excluding carboxylic acids is 1. The van der Waals surface area contributed by atoms with Gasteiger partial charge in [0.25, 0.3) is 0 Å². The highest BCUT2D eigenvalue weighted by atomic mass is 16.5. The Morgan fingerprint density at radius 1 is 1.50 bits per heavy atom. The number of rotatable bonds is 3. The molecule has 6 nitrogen and oxygen atoms in total. The zero-order valence-corrected chi connectivity index (χ0v) is 9.13. The van der Waals surface area contributed by atoms with Crippen molar-refractivity contribution in [3.63, 3.8) is 0 Å². The van der Waals surface area contributed by atoms with E-state index in [0.717, 1.165) is 5.56 Å². The molecule has 1 aromatic rings. The summed E-state index contributed by atoms with van der Waals surface area (Å²) in [6.45, 7) is 3.32. The first-order chi connectivity index (χ1) is 7.79. The first kappa shape index (κ1) is 11.1. The minimum atomic E-state index is 0.0787. The van der Waals surface area contributed by atoms with Gasteiger partial charge >= 0.3 is 0 Å². The topological polar surface area (TPSA) is 73.4 Å². The summed E-state index contributed by atoms with van der Waals surface area (Å²) in [5.74, 6) is 0.0787. The fraction of sp³-hybridized carbons (Fsp3) is 0.600. The molecule has 0 aromatic carbocycles. The Morgan fingerprint density at radius 3 is 2.88 bits per heavy atom. The van der Waals surface area contributed by atoms with E-state index in [4.69, 9.17) is 10.5 Å². The fourth-order valence-electron chi connectivity index (χ4n) is 1.65. The van der Waals surface area contributed by atoms with Crippen molar-refractivity contribution in [3.05, 3.63) is 18.0 Å². The molecule has 0 bridgehead atoms. The van der Waals surface area contributed by atoms with Crippen LogP contribution in [-0.2, 0) is 22.6 Å². The number of ether oxygens (including phenoxy) is 1. The van der Waals surface area contributed by atoms with Crippen molar-refractivity contribution >= 4 is 5.91 Å². The van der Waals surface area contributed by atoms with Crippen molar-refractivity contribution in [2.45, 2.75) is 13.1 Å². The van der Waals surface area contributed by atoms with Crippen LogP contribution in [0.3, 0.4) is 0 Å². The molecule has 2 rings (SSSR count). The molecule has 0 unspecified atom stereocenters. The van der Waals surface area contributed by atoms with Crippen LogP contribution in [0.15, 0.2) is 12.4 Å². The lowest BCUT2D eigenvalue weighted by Crippen LogP contribution is -2.42. The second kappa shape index (κ2) is 5.09. The van der Waals surface area contributed by atoms with Crippen LogP contribution >= 0.6 is 0 Å². The quantitative estimate of drug-likeness (QED) is 0.729. The van der Waals surface area contributed by atoms with Gasteiger partial charge in [0.05, 0.1) is 19.4 Å².